The minimum atomic E-state index is -1.66. The number of aromatic hydroxyl groups is 3. The number of hydrogen-bond acceptors (Lipinski definition) is 10. The molecule has 8 N–H and O–H groups in total. The Bertz CT molecular complexity index is 2950. The number of carbonyl (C=O) groups excluding carboxylic acids is 1. The second kappa shape index (κ2) is 17.4. The number of methoxy groups -OCH3 is 1. The number of piperidine rings is 1. The number of fused-ring (bicyclic) bond motifs is 4. The Morgan fingerprint density at radius 3 is 2.51 bits per heavy atom. The van der Waals surface area contributed by atoms with Crippen LogP contribution in [0.25, 0.3) is 0 Å². The van der Waals surface area contributed by atoms with Crippen LogP contribution in [0.2, 0.25) is 0 Å². The van der Waals surface area contributed by atoms with Crippen LogP contribution < -0.4 is 10.1 Å². The maximum atomic E-state index is 15.9. The molecule has 6 fully saturated rings. The number of allylic oxidation sites excluding steroid dienone is 2. The van der Waals surface area contributed by atoms with Crippen LogP contribution >= 0.6 is 0 Å². The fourth-order valence-corrected chi connectivity index (χ4v) is 20.1. The maximum absolute atomic E-state index is 15.9. The number of ether oxygens (including phenoxy) is 1. The molecule has 1 aliphatic heterocycles. The van der Waals surface area contributed by atoms with Crippen molar-refractivity contribution in [1.29, 1.82) is 0 Å². The second-order valence-electron chi connectivity index (χ2n) is 25.4. The van der Waals surface area contributed by atoms with E-state index in [4.69, 9.17) is 4.74 Å². The maximum Gasteiger partial charge on any atom is 0.160 e. The van der Waals surface area contributed by atoms with Crippen molar-refractivity contribution >= 4 is 5.78 Å². The normalized spacial score (nSPS) is 42.0. The highest BCUT2D eigenvalue weighted by molar-refractivity contribution is 5.81. The van der Waals surface area contributed by atoms with E-state index in [2.05, 4.69) is 47.2 Å². The standard InChI is InChI=1S/C64H75NO9/c1-74-56-31-49(42(37-67)27-55(56)71)48-29-47(68)34-63(73)46(15-9-25-66)33-62-24-23-59-38-58-19-7-14-44(58)28-45(59)18-22-60(72)20-6-5-12-43(60)13-8-21-61(59)35-52(58)50-30-53(69)54(70)32-51(50)64(61,62)57(63)41(36-65-62)17-16-40(48)26-39-10-3-2-4-11-39/h2-4,10-11,27-28,30-32,40-41,43-44,46,48,52,57,65-67,69-73H,5-7,9,12-15,18-20,22-26,29,33-38H2,1H3/t40-,41-,43-,44+,46+,48-,52+,57+,58+,59-,60+,61+,62-,63+,64-/m0/s1. The number of ketones is 1. The van der Waals surface area contributed by atoms with Crippen molar-refractivity contribution in [2.45, 2.75) is 169 Å². The number of rotatable bonds is 8. The molecule has 3 aromatic carbocycles. The Morgan fingerprint density at radius 1 is 0.865 bits per heavy atom. The molecule has 4 spiro atoms. The van der Waals surface area contributed by atoms with Crippen LogP contribution in [-0.4, -0.2) is 78.5 Å². The molecule has 3 aromatic rings. The Balaban J connectivity index is 1.11. The summed E-state index contributed by atoms with van der Waals surface area (Å²) >= 11 is 0. The average Bonchev–Trinajstić information content (AvgIpc) is 3.80. The molecule has 0 amide bonds. The van der Waals surface area contributed by atoms with Gasteiger partial charge in [0.15, 0.2) is 23.0 Å². The van der Waals surface area contributed by atoms with Crippen molar-refractivity contribution in [2.75, 3.05) is 20.3 Å². The first-order chi connectivity index (χ1) is 35.7. The quantitative estimate of drug-likeness (QED) is 0.0617. The molecule has 6 bridgehead atoms. The van der Waals surface area contributed by atoms with Crippen LogP contribution in [0.4, 0.5) is 0 Å². The largest absolute Gasteiger partial charge is 0.504 e. The molecule has 10 nitrogen and oxygen atoms in total. The monoisotopic (exact) mass is 1000 g/mol. The Labute approximate surface area is 436 Å². The molecule has 1 saturated heterocycles. The summed E-state index contributed by atoms with van der Waals surface area (Å²) in [4.78, 5) is 15.9. The Hall–Kier alpha value is -4.81. The fraction of sp³-hybridized carbons (Fsp3) is 0.609. The molecule has 5 saturated carbocycles. The summed E-state index contributed by atoms with van der Waals surface area (Å²) in [7, 11) is 1.49. The highest BCUT2D eigenvalue weighted by atomic mass is 16.5. The van der Waals surface area contributed by atoms with E-state index in [1.54, 1.807) is 6.07 Å². The summed E-state index contributed by atoms with van der Waals surface area (Å²) in [5.74, 6) is 13.6. The number of benzene rings is 3. The third-order valence-corrected chi connectivity index (χ3v) is 22.8. The van der Waals surface area contributed by atoms with E-state index in [1.807, 2.05) is 30.3 Å². The summed E-state index contributed by atoms with van der Waals surface area (Å²) in [6.45, 7) is 0.0298. The summed E-state index contributed by atoms with van der Waals surface area (Å²) < 4.78 is 5.66. The van der Waals surface area contributed by atoms with Crippen molar-refractivity contribution in [1.82, 2.24) is 5.32 Å². The number of nitrogens with one attached hydrogen (secondary N) is 1. The van der Waals surface area contributed by atoms with Crippen molar-refractivity contribution in [3.63, 3.8) is 0 Å². The van der Waals surface area contributed by atoms with Crippen LogP contribution in [-0.2, 0) is 23.2 Å². The van der Waals surface area contributed by atoms with E-state index in [-0.39, 0.29) is 72.1 Å². The SMILES string of the molecule is COc1cc([C@H]2CC(=O)C[C@@]3(O)[C@H](CCCO)C[C@@]45CC[C@]67C[C@]89CCC[C@@H]8C=C6CC[C@]6(O)CCCC[C@H]6CC#C[C@@]76C[C@@H]9c7cc(O)c(O)cc7[C@@]46[C@@H]3[C@@H](C#C[C@H]2Cc2ccccc2)CN5)c(CO)cc1O. The zero-order valence-corrected chi connectivity index (χ0v) is 43.1. The van der Waals surface area contributed by atoms with E-state index in [9.17, 15) is 35.7 Å². The van der Waals surface area contributed by atoms with Crippen molar-refractivity contribution < 1.29 is 45.3 Å². The molecule has 13 rings (SSSR count). The first-order valence-corrected chi connectivity index (χ1v) is 28.4. The third kappa shape index (κ3) is 6.48. The highest BCUT2D eigenvalue weighted by Crippen LogP contribution is 2.87. The molecule has 9 aliphatic carbocycles. The Morgan fingerprint density at radius 2 is 1.70 bits per heavy atom. The lowest BCUT2D eigenvalue weighted by Gasteiger charge is -2.83. The number of phenolic OH excluding ortho intramolecular Hbond substituents is 3. The zero-order chi connectivity index (χ0) is 51.0. The molecule has 0 radical (unpaired) electrons. The number of Topliss-reactive ketones (excluding diaryl/α,β-unsaturated/α-hetero) is 1. The fourth-order valence-electron chi connectivity index (χ4n) is 20.1. The molecule has 10 aliphatic rings. The molecule has 10 heteroatoms. The van der Waals surface area contributed by atoms with Gasteiger partial charge in [-0.3, -0.25) is 4.79 Å². The number of hydrogen-bond donors (Lipinski definition) is 8. The van der Waals surface area contributed by atoms with Crippen LogP contribution in [0.3, 0.4) is 0 Å². The Kier molecular flexibility index (Phi) is 11.4. The number of aliphatic hydroxyl groups excluding tert-OH is 2. The summed E-state index contributed by atoms with van der Waals surface area (Å²) in [6, 6.07) is 17.2. The lowest BCUT2D eigenvalue weighted by molar-refractivity contribution is -0.275. The third-order valence-electron chi connectivity index (χ3n) is 22.8. The van der Waals surface area contributed by atoms with E-state index in [1.165, 1.54) is 18.7 Å². The average molecular weight is 1000 g/mol. The van der Waals surface area contributed by atoms with Crippen molar-refractivity contribution in [3.8, 4) is 46.7 Å². The van der Waals surface area contributed by atoms with Crippen LogP contribution in [0, 0.1) is 75.4 Å². The zero-order valence-electron chi connectivity index (χ0n) is 43.1. The minimum absolute atomic E-state index is 0.0131. The van der Waals surface area contributed by atoms with E-state index in [0.717, 1.165) is 93.7 Å². The number of carbonyl (C=O) groups is 1. The van der Waals surface area contributed by atoms with Gasteiger partial charge in [-0.2, -0.15) is 0 Å². The minimum Gasteiger partial charge on any atom is -0.504 e. The van der Waals surface area contributed by atoms with Gasteiger partial charge >= 0.3 is 0 Å². The lowest BCUT2D eigenvalue weighted by atomic mass is 9.21. The summed E-state index contributed by atoms with van der Waals surface area (Å²) in [6.07, 6.45) is 17.0. The first kappa shape index (κ1) is 48.8. The van der Waals surface area contributed by atoms with Gasteiger partial charge in [-0.15, -0.1) is 5.92 Å². The smallest absolute Gasteiger partial charge is 0.160 e. The molecule has 0 unspecified atom stereocenters. The predicted octanol–water partition coefficient (Wildman–Crippen LogP) is 9.14. The van der Waals surface area contributed by atoms with Gasteiger partial charge in [0.1, 0.15) is 5.78 Å². The topological polar surface area (TPSA) is 180 Å². The van der Waals surface area contributed by atoms with Crippen molar-refractivity contribution in [3.05, 3.63) is 94.1 Å². The highest BCUT2D eigenvalue weighted by Gasteiger charge is 2.87. The summed E-state index contributed by atoms with van der Waals surface area (Å²) in [5, 5.41) is 88.3. The van der Waals surface area contributed by atoms with E-state index in [0.29, 0.717) is 62.1 Å². The van der Waals surface area contributed by atoms with Gasteiger partial charge in [-0.1, -0.05) is 79.0 Å². The van der Waals surface area contributed by atoms with Gasteiger partial charge in [0, 0.05) is 72.5 Å². The van der Waals surface area contributed by atoms with Gasteiger partial charge in [-0.25, -0.2) is 0 Å². The van der Waals surface area contributed by atoms with E-state index >= 15 is 4.79 Å². The van der Waals surface area contributed by atoms with Crippen molar-refractivity contribution in [2.24, 2.45) is 51.8 Å². The number of aliphatic hydroxyl groups is 4. The van der Waals surface area contributed by atoms with Crippen LogP contribution in [0.5, 0.6) is 23.0 Å². The first-order valence-electron chi connectivity index (χ1n) is 28.4. The molecule has 390 valence electrons. The lowest BCUT2D eigenvalue weighted by Crippen LogP contribution is -2.88. The van der Waals surface area contributed by atoms with Gasteiger partial charge in [0.25, 0.3) is 0 Å². The van der Waals surface area contributed by atoms with E-state index < -0.39 is 62.6 Å². The molecule has 74 heavy (non-hydrogen) atoms. The van der Waals surface area contributed by atoms with Gasteiger partial charge in [0.2, 0.25) is 0 Å². The van der Waals surface area contributed by atoms with Gasteiger partial charge in [-0.05, 0) is 171 Å². The second-order valence-corrected chi connectivity index (χ2v) is 25.4. The molecule has 1 heterocycles. The summed E-state index contributed by atoms with van der Waals surface area (Å²) in [5.41, 5.74) is 0.125. The molecule has 15 atom stereocenters. The molecular weight excluding hydrogens is 927 g/mol. The number of phenols is 3. The molecular formula is C64H75NO9. The van der Waals surface area contributed by atoms with Crippen LogP contribution in [0.15, 0.2) is 66.2 Å². The van der Waals surface area contributed by atoms with Gasteiger partial charge < -0.3 is 45.8 Å². The van der Waals surface area contributed by atoms with Gasteiger partial charge in [0.05, 0.1) is 30.3 Å². The predicted molar refractivity (Wildman–Crippen MR) is 280 cm³/mol. The molecule has 0 aromatic heterocycles. The van der Waals surface area contributed by atoms with Crippen LogP contribution in [0.1, 0.15) is 162 Å².